The van der Waals surface area contributed by atoms with Gasteiger partial charge in [-0.3, -0.25) is 4.79 Å². The highest BCUT2D eigenvalue weighted by Gasteiger charge is 2.30. The maximum Gasteiger partial charge on any atom is 0.493 e. The van der Waals surface area contributed by atoms with Gasteiger partial charge in [-0.1, -0.05) is 68.4 Å². The van der Waals surface area contributed by atoms with Crippen LogP contribution in [-0.4, -0.2) is 58.5 Å². The molecule has 2 aromatic rings. The van der Waals surface area contributed by atoms with Crippen molar-refractivity contribution < 1.29 is 33.2 Å². The molecule has 0 unspecified atom stereocenters. The van der Waals surface area contributed by atoms with E-state index in [-0.39, 0.29) is 18.9 Å². The van der Waals surface area contributed by atoms with E-state index in [9.17, 15) is 14.4 Å². The highest BCUT2D eigenvalue weighted by Crippen LogP contribution is 2.09. The van der Waals surface area contributed by atoms with E-state index < -0.39 is 37.2 Å². The number of hydrogen-bond acceptors (Lipinski definition) is 7. The van der Waals surface area contributed by atoms with Crippen LogP contribution in [0.2, 0.25) is 0 Å². The average molecular weight is 484 g/mol. The van der Waals surface area contributed by atoms with Gasteiger partial charge in [0.2, 0.25) is 5.91 Å². The molecule has 0 heterocycles. The zero-order chi connectivity index (χ0) is 25.8. The second kappa shape index (κ2) is 14.1. The summed E-state index contributed by atoms with van der Waals surface area (Å²) in [7, 11) is 3.84. The highest BCUT2D eigenvalue weighted by atomic mass is 16.6. The molecule has 0 spiro atoms. The van der Waals surface area contributed by atoms with Crippen molar-refractivity contribution in [2.75, 3.05) is 21.3 Å². The first-order chi connectivity index (χ1) is 16.8. The summed E-state index contributed by atoms with van der Waals surface area (Å²) in [6, 6.07) is 14.7. The Bertz CT molecular complexity index is 950. The van der Waals surface area contributed by atoms with E-state index >= 15 is 0 Å². The van der Waals surface area contributed by atoms with Crippen molar-refractivity contribution in [1.29, 1.82) is 0 Å². The summed E-state index contributed by atoms with van der Waals surface area (Å²) in [5.41, 5.74) is 2.44. The topological polar surface area (TPSA) is 112 Å². The second-order valence-electron chi connectivity index (χ2n) is 8.26. The van der Waals surface area contributed by atoms with E-state index in [4.69, 9.17) is 18.8 Å². The molecule has 188 valence electrons. The Labute approximate surface area is 206 Å². The van der Waals surface area contributed by atoms with Crippen molar-refractivity contribution in [3.8, 4) is 0 Å². The van der Waals surface area contributed by atoms with E-state index in [1.54, 1.807) is 28.1 Å². The van der Waals surface area contributed by atoms with Crippen LogP contribution in [0.3, 0.4) is 0 Å². The normalized spacial score (nSPS) is 12.4. The van der Waals surface area contributed by atoms with Crippen LogP contribution in [0.15, 0.2) is 54.6 Å². The van der Waals surface area contributed by atoms with Gasteiger partial charge in [0.15, 0.2) is 0 Å². The molecular formula is C25H33BN2O7. The van der Waals surface area contributed by atoms with Crippen molar-refractivity contribution in [2.45, 2.75) is 39.0 Å². The third-order valence-corrected chi connectivity index (χ3v) is 5.36. The van der Waals surface area contributed by atoms with E-state index in [1.807, 2.05) is 54.6 Å². The van der Waals surface area contributed by atoms with Crippen LogP contribution in [0.4, 0.5) is 4.79 Å². The van der Waals surface area contributed by atoms with Gasteiger partial charge in [-0.05, 0) is 22.5 Å². The van der Waals surface area contributed by atoms with Crippen molar-refractivity contribution in [3.63, 3.8) is 0 Å². The minimum absolute atomic E-state index is 0.0763. The Balaban J connectivity index is 2.03. The SMILES string of the molecule is COB(OC)c1ccc(C[C@@H](NC(=O)[C@@H](NC(=O)OCc2ccccc2)C(C)C)C(=O)OC)cc1. The number of hydrogen-bond donors (Lipinski definition) is 2. The molecule has 0 aliphatic heterocycles. The lowest BCUT2D eigenvalue weighted by molar-refractivity contribution is -0.145. The quantitative estimate of drug-likeness (QED) is 0.349. The fourth-order valence-corrected chi connectivity index (χ4v) is 3.44. The van der Waals surface area contributed by atoms with Gasteiger partial charge in [0.25, 0.3) is 0 Å². The van der Waals surface area contributed by atoms with Crippen molar-refractivity contribution in [1.82, 2.24) is 10.6 Å². The van der Waals surface area contributed by atoms with Gasteiger partial charge in [0, 0.05) is 20.6 Å². The third kappa shape index (κ3) is 8.73. The summed E-state index contributed by atoms with van der Waals surface area (Å²) < 4.78 is 20.6. The predicted molar refractivity (Wildman–Crippen MR) is 132 cm³/mol. The van der Waals surface area contributed by atoms with Crippen molar-refractivity contribution in [2.24, 2.45) is 5.92 Å². The standard InChI is InChI=1S/C25H33BN2O7/c1-17(2)22(28-25(31)35-16-19-9-7-6-8-10-19)23(29)27-21(24(30)32-3)15-18-11-13-20(14-12-18)26(33-4)34-5/h6-14,17,21-22H,15-16H2,1-5H3,(H,27,29)(H,28,31)/t21-,22+/m1/s1. The molecule has 0 saturated heterocycles. The maximum absolute atomic E-state index is 13.0. The molecule has 2 N–H and O–H groups in total. The minimum Gasteiger partial charge on any atom is -0.467 e. The number of carbonyl (C=O) groups is 3. The van der Waals surface area contributed by atoms with Crippen LogP contribution in [0, 0.1) is 5.92 Å². The van der Waals surface area contributed by atoms with Crippen LogP contribution < -0.4 is 16.1 Å². The average Bonchev–Trinajstić information content (AvgIpc) is 2.87. The summed E-state index contributed by atoms with van der Waals surface area (Å²) in [4.78, 5) is 37.7. The lowest BCUT2D eigenvalue weighted by atomic mass is 9.78. The Morgan fingerprint density at radius 1 is 0.857 bits per heavy atom. The third-order valence-electron chi connectivity index (χ3n) is 5.36. The number of amides is 2. The Morgan fingerprint density at radius 3 is 2.03 bits per heavy atom. The summed E-state index contributed by atoms with van der Waals surface area (Å²) in [5.74, 6) is -1.36. The zero-order valence-electron chi connectivity index (χ0n) is 20.8. The molecule has 0 aliphatic carbocycles. The molecule has 0 fully saturated rings. The second-order valence-corrected chi connectivity index (χ2v) is 8.26. The molecule has 0 aliphatic rings. The van der Waals surface area contributed by atoms with Gasteiger partial charge in [0.05, 0.1) is 7.11 Å². The van der Waals surface area contributed by atoms with E-state index in [1.165, 1.54) is 7.11 Å². The lowest BCUT2D eigenvalue weighted by Crippen LogP contribution is -2.54. The zero-order valence-corrected chi connectivity index (χ0v) is 20.8. The molecule has 2 atom stereocenters. The van der Waals surface area contributed by atoms with Gasteiger partial charge in [-0.25, -0.2) is 9.59 Å². The monoisotopic (exact) mass is 484 g/mol. The van der Waals surface area contributed by atoms with E-state index in [0.717, 1.165) is 16.6 Å². The fourth-order valence-electron chi connectivity index (χ4n) is 3.44. The van der Waals surface area contributed by atoms with E-state index in [2.05, 4.69) is 10.6 Å². The first kappa shape index (κ1) is 27.9. The number of ether oxygens (including phenoxy) is 2. The molecule has 2 amide bonds. The van der Waals surface area contributed by atoms with Gasteiger partial charge >= 0.3 is 19.2 Å². The minimum atomic E-state index is -0.942. The summed E-state index contributed by atoms with van der Waals surface area (Å²) in [6.07, 6.45) is -0.522. The van der Waals surface area contributed by atoms with Crippen LogP contribution in [0.1, 0.15) is 25.0 Å². The first-order valence-corrected chi connectivity index (χ1v) is 11.3. The number of esters is 1. The number of alkyl carbamates (subject to hydrolysis) is 1. The largest absolute Gasteiger partial charge is 0.493 e. The Hall–Kier alpha value is -3.37. The Kier molecular flexibility index (Phi) is 11.3. The maximum atomic E-state index is 13.0. The molecule has 0 saturated carbocycles. The molecule has 2 rings (SSSR count). The number of methoxy groups -OCH3 is 1. The summed E-state index contributed by atoms with van der Waals surface area (Å²) in [5, 5.41) is 5.30. The van der Waals surface area contributed by atoms with Crippen LogP contribution in [0.5, 0.6) is 0 Å². The van der Waals surface area contributed by atoms with Crippen LogP contribution in [-0.2, 0) is 41.4 Å². The van der Waals surface area contributed by atoms with Gasteiger partial charge in [0.1, 0.15) is 18.7 Å². The lowest BCUT2D eigenvalue weighted by Gasteiger charge is -2.24. The summed E-state index contributed by atoms with van der Waals surface area (Å²) in [6.45, 7) is 3.65. The molecular weight excluding hydrogens is 451 g/mol. The molecule has 0 radical (unpaired) electrons. The number of rotatable bonds is 12. The molecule has 10 heteroatoms. The van der Waals surface area contributed by atoms with Crippen molar-refractivity contribution >= 4 is 30.6 Å². The number of nitrogens with one attached hydrogen (secondary N) is 2. The molecule has 2 aromatic carbocycles. The fraction of sp³-hybridized carbons (Fsp3) is 0.400. The number of benzene rings is 2. The summed E-state index contributed by atoms with van der Waals surface area (Å²) >= 11 is 0. The molecule has 0 bridgehead atoms. The van der Waals surface area contributed by atoms with Crippen LogP contribution >= 0.6 is 0 Å². The van der Waals surface area contributed by atoms with E-state index in [0.29, 0.717) is 0 Å². The van der Waals surface area contributed by atoms with Gasteiger partial charge in [-0.15, -0.1) is 0 Å². The first-order valence-electron chi connectivity index (χ1n) is 11.3. The van der Waals surface area contributed by atoms with Crippen LogP contribution in [0.25, 0.3) is 0 Å². The number of carbonyl (C=O) groups excluding carboxylic acids is 3. The van der Waals surface area contributed by atoms with Gasteiger partial charge in [-0.2, -0.15) is 0 Å². The Morgan fingerprint density at radius 2 is 1.49 bits per heavy atom. The smallest absolute Gasteiger partial charge is 0.467 e. The molecule has 35 heavy (non-hydrogen) atoms. The van der Waals surface area contributed by atoms with Crippen molar-refractivity contribution in [3.05, 3.63) is 65.7 Å². The molecule has 0 aromatic heterocycles. The highest BCUT2D eigenvalue weighted by molar-refractivity contribution is 6.61. The molecule has 9 nitrogen and oxygen atoms in total. The predicted octanol–water partition coefficient (Wildman–Crippen LogP) is 1.83. The van der Waals surface area contributed by atoms with Gasteiger partial charge < -0.3 is 29.4 Å².